The predicted octanol–water partition coefficient (Wildman–Crippen LogP) is 0.506. The van der Waals surface area contributed by atoms with Gasteiger partial charge >= 0.3 is 0 Å². The maximum Gasteiger partial charge on any atom is 0.0603 e. The highest BCUT2D eigenvalue weighted by Crippen LogP contribution is 2.15. The summed E-state index contributed by atoms with van der Waals surface area (Å²) in [7, 11) is 0. The molecule has 0 atom stereocenters. The molecule has 4 nitrogen and oxygen atoms in total. The molecular weight excluding hydrogens is 204 g/mol. The molecular formula is C12H26N2O2. The minimum atomic E-state index is 0.250. The minimum Gasteiger partial charge on any atom is -0.397 e. The molecule has 0 radical (unpaired) electrons. The smallest absolute Gasteiger partial charge is 0.0603 e. The lowest BCUT2D eigenvalue weighted by molar-refractivity contribution is -0.0388. The Morgan fingerprint density at radius 3 is 1.56 bits per heavy atom. The van der Waals surface area contributed by atoms with E-state index in [1.807, 2.05) is 0 Å². The molecule has 2 fully saturated rings. The molecule has 4 heteroatoms. The number of nitrogens with one attached hydrogen (secondary N) is 2. The summed E-state index contributed by atoms with van der Waals surface area (Å²) in [6.45, 7) is 6.47. The number of aliphatic hydroxyl groups is 1. The van der Waals surface area contributed by atoms with Crippen molar-refractivity contribution < 1.29 is 9.84 Å². The zero-order valence-corrected chi connectivity index (χ0v) is 10.4. The molecule has 0 spiro atoms. The molecule has 0 aromatic heterocycles. The lowest BCUT2D eigenvalue weighted by atomic mass is 10.1. The van der Waals surface area contributed by atoms with Crippen molar-refractivity contribution >= 4 is 0 Å². The second-order valence-electron chi connectivity index (χ2n) is 4.35. The van der Waals surface area contributed by atoms with Crippen LogP contribution in [0.5, 0.6) is 0 Å². The summed E-state index contributed by atoms with van der Waals surface area (Å²) in [5, 5.41) is 14.3. The standard InChI is InChI=1S/C10H20N2O.C2H6O/c1-5-11-6-2-9(1)13-10-3-7-12-8-4-10;1-2-3/h9-12H,1-8H2;3H,2H2,1H3. The van der Waals surface area contributed by atoms with Crippen LogP contribution in [0, 0.1) is 0 Å². The van der Waals surface area contributed by atoms with Crippen LogP contribution in [0.1, 0.15) is 32.6 Å². The summed E-state index contributed by atoms with van der Waals surface area (Å²) in [6, 6.07) is 0. The van der Waals surface area contributed by atoms with Crippen molar-refractivity contribution in [3.05, 3.63) is 0 Å². The Balaban J connectivity index is 0.000000386. The molecule has 0 aromatic rings. The van der Waals surface area contributed by atoms with Crippen molar-refractivity contribution in [1.82, 2.24) is 10.6 Å². The third-order valence-corrected chi connectivity index (χ3v) is 2.96. The number of hydrogen-bond acceptors (Lipinski definition) is 4. The highest BCUT2D eigenvalue weighted by atomic mass is 16.5. The van der Waals surface area contributed by atoms with E-state index < -0.39 is 0 Å². The van der Waals surface area contributed by atoms with Gasteiger partial charge in [0.05, 0.1) is 12.2 Å². The first kappa shape index (κ1) is 13.9. The van der Waals surface area contributed by atoms with Gasteiger partial charge in [-0.15, -0.1) is 0 Å². The Labute approximate surface area is 98.8 Å². The van der Waals surface area contributed by atoms with Gasteiger partial charge in [0.25, 0.3) is 0 Å². The fourth-order valence-corrected chi connectivity index (χ4v) is 2.14. The van der Waals surface area contributed by atoms with Gasteiger partial charge in [-0.05, 0) is 58.8 Å². The summed E-state index contributed by atoms with van der Waals surface area (Å²) >= 11 is 0. The first-order chi connectivity index (χ1) is 7.86. The molecule has 2 aliphatic rings. The second-order valence-corrected chi connectivity index (χ2v) is 4.35. The van der Waals surface area contributed by atoms with Crippen molar-refractivity contribution in [3.8, 4) is 0 Å². The molecule has 0 amide bonds. The molecule has 0 unspecified atom stereocenters. The van der Waals surface area contributed by atoms with Crippen molar-refractivity contribution in [2.45, 2.75) is 44.8 Å². The van der Waals surface area contributed by atoms with E-state index in [0.29, 0.717) is 12.2 Å². The lowest BCUT2D eigenvalue weighted by Crippen LogP contribution is -2.38. The van der Waals surface area contributed by atoms with Crippen molar-refractivity contribution in [3.63, 3.8) is 0 Å². The largest absolute Gasteiger partial charge is 0.397 e. The average Bonchev–Trinajstić information content (AvgIpc) is 2.33. The molecule has 16 heavy (non-hydrogen) atoms. The molecule has 3 N–H and O–H groups in total. The molecule has 0 saturated carbocycles. The Hall–Kier alpha value is -0.160. The van der Waals surface area contributed by atoms with Gasteiger partial charge in [-0.3, -0.25) is 0 Å². The fraction of sp³-hybridized carbons (Fsp3) is 1.00. The number of rotatable bonds is 2. The average molecular weight is 230 g/mol. The molecule has 0 aliphatic carbocycles. The lowest BCUT2D eigenvalue weighted by Gasteiger charge is -2.30. The van der Waals surface area contributed by atoms with Crippen LogP contribution < -0.4 is 10.6 Å². The van der Waals surface area contributed by atoms with Crippen LogP contribution >= 0.6 is 0 Å². The number of ether oxygens (including phenoxy) is 1. The molecule has 96 valence electrons. The molecule has 0 aromatic carbocycles. The van der Waals surface area contributed by atoms with E-state index in [4.69, 9.17) is 9.84 Å². The van der Waals surface area contributed by atoms with Crippen LogP contribution in [0.2, 0.25) is 0 Å². The molecule has 0 bridgehead atoms. The van der Waals surface area contributed by atoms with Crippen LogP contribution in [0.4, 0.5) is 0 Å². The van der Waals surface area contributed by atoms with Crippen molar-refractivity contribution in [1.29, 1.82) is 0 Å². The highest BCUT2D eigenvalue weighted by Gasteiger charge is 2.20. The van der Waals surface area contributed by atoms with Gasteiger partial charge in [-0.2, -0.15) is 0 Å². The predicted molar refractivity (Wildman–Crippen MR) is 65.6 cm³/mol. The molecule has 2 heterocycles. The van der Waals surface area contributed by atoms with Gasteiger partial charge in [0.1, 0.15) is 0 Å². The van der Waals surface area contributed by atoms with Crippen molar-refractivity contribution in [2.75, 3.05) is 32.8 Å². The highest BCUT2D eigenvalue weighted by molar-refractivity contribution is 4.74. The maximum atomic E-state index is 7.57. The van der Waals surface area contributed by atoms with E-state index in [9.17, 15) is 0 Å². The summed E-state index contributed by atoms with van der Waals surface area (Å²) in [5.74, 6) is 0. The van der Waals surface area contributed by atoms with E-state index in [0.717, 1.165) is 26.2 Å². The summed E-state index contributed by atoms with van der Waals surface area (Å²) in [4.78, 5) is 0. The Morgan fingerprint density at radius 1 is 0.938 bits per heavy atom. The number of piperidine rings is 2. The van der Waals surface area contributed by atoms with Crippen LogP contribution in [-0.2, 0) is 4.74 Å². The first-order valence-corrected chi connectivity index (χ1v) is 6.54. The van der Waals surface area contributed by atoms with Crippen LogP contribution in [-0.4, -0.2) is 50.1 Å². The topological polar surface area (TPSA) is 53.5 Å². The van der Waals surface area contributed by atoms with Gasteiger partial charge in [0.15, 0.2) is 0 Å². The van der Waals surface area contributed by atoms with Gasteiger partial charge in [0.2, 0.25) is 0 Å². The Morgan fingerprint density at radius 2 is 1.25 bits per heavy atom. The maximum absolute atomic E-state index is 7.57. The second kappa shape index (κ2) is 8.93. The number of aliphatic hydroxyl groups excluding tert-OH is 1. The first-order valence-electron chi connectivity index (χ1n) is 6.54. The summed E-state index contributed by atoms with van der Waals surface area (Å²) in [6.07, 6.45) is 5.86. The third-order valence-electron chi connectivity index (χ3n) is 2.96. The van der Waals surface area contributed by atoms with E-state index in [2.05, 4.69) is 10.6 Å². The third kappa shape index (κ3) is 5.80. The van der Waals surface area contributed by atoms with E-state index in [1.54, 1.807) is 6.92 Å². The van der Waals surface area contributed by atoms with Gasteiger partial charge in [0, 0.05) is 6.61 Å². The van der Waals surface area contributed by atoms with Crippen LogP contribution in [0.3, 0.4) is 0 Å². The van der Waals surface area contributed by atoms with Crippen LogP contribution in [0.25, 0.3) is 0 Å². The zero-order chi connectivity index (χ0) is 11.6. The van der Waals surface area contributed by atoms with Gasteiger partial charge < -0.3 is 20.5 Å². The van der Waals surface area contributed by atoms with Crippen LogP contribution in [0.15, 0.2) is 0 Å². The quantitative estimate of drug-likeness (QED) is 0.647. The summed E-state index contributed by atoms with van der Waals surface area (Å²) in [5.41, 5.74) is 0. The number of hydrogen-bond donors (Lipinski definition) is 3. The van der Waals surface area contributed by atoms with Crippen molar-refractivity contribution in [2.24, 2.45) is 0 Å². The normalized spacial score (nSPS) is 23.6. The zero-order valence-electron chi connectivity index (χ0n) is 10.4. The van der Waals surface area contributed by atoms with E-state index >= 15 is 0 Å². The van der Waals surface area contributed by atoms with E-state index in [-0.39, 0.29) is 6.61 Å². The fourth-order valence-electron chi connectivity index (χ4n) is 2.14. The monoisotopic (exact) mass is 230 g/mol. The Bertz CT molecular complexity index is 139. The SMILES string of the molecule is C1CC(OC2CCNCC2)CCN1.CCO. The van der Waals surface area contributed by atoms with Gasteiger partial charge in [-0.1, -0.05) is 0 Å². The van der Waals surface area contributed by atoms with Gasteiger partial charge in [-0.25, -0.2) is 0 Å². The Kier molecular flexibility index (Phi) is 7.76. The molecule has 2 saturated heterocycles. The minimum absolute atomic E-state index is 0.250. The summed E-state index contributed by atoms with van der Waals surface area (Å²) < 4.78 is 6.05. The molecule has 2 aliphatic heterocycles. The van der Waals surface area contributed by atoms with E-state index in [1.165, 1.54) is 25.7 Å². The molecule has 2 rings (SSSR count).